The molecule has 0 amide bonds. The zero-order valence-electron chi connectivity index (χ0n) is 9.96. The van der Waals surface area contributed by atoms with Crippen LogP contribution >= 0.6 is 0 Å². The molecule has 2 aromatic rings. The van der Waals surface area contributed by atoms with Crippen LogP contribution in [0, 0.1) is 6.92 Å². The van der Waals surface area contributed by atoms with E-state index in [1.807, 2.05) is 19.1 Å². The summed E-state index contributed by atoms with van der Waals surface area (Å²) in [4.78, 5) is 18.8. The van der Waals surface area contributed by atoms with Crippen LogP contribution < -0.4 is 0 Å². The first-order chi connectivity index (χ1) is 8.65. The number of aromatic nitrogens is 3. The third-order valence-corrected chi connectivity index (χ3v) is 2.37. The van der Waals surface area contributed by atoms with Crippen LogP contribution in [-0.2, 0) is 11.2 Å². The van der Waals surface area contributed by atoms with Crippen LogP contribution in [0.2, 0.25) is 0 Å². The minimum absolute atomic E-state index is 0.0976. The van der Waals surface area contributed by atoms with E-state index >= 15 is 0 Å². The van der Waals surface area contributed by atoms with E-state index < -0.39 is 5.97 Å². The first-order valence-electron chi connectivity index (χ1n) is 5.63. The highest BCUT2D eigenvalue weighted by molar-refractivity contribution is 5.66. The fourth-order valence-electron chi connectivity index (χ4n) is 1.52. The maximum atomic E-state index is 10.4. The van der Waals surface area contributed by atoms with Gasteiger partial charge in [0.15, 0.2) is 0 Å². The van der Waals surface area contributed by atoms with Crippen LogP contribution in [0.4, 0.5) is 0 Å². The molecule has 6 nitrogen and oxygen atoms in total. The summed E-state index contributed by atoms with van der Waals surface area (Å²) >= 11 is 0. The molecular formula is C12H13N3O3. The van der Waals surface area contributed by atoms with Gasteiger partial charge in [0.05, 0.1) is 0 Å². The highest BCUT2D eigenvalue weighted by atomic mass is 16.5. The molecule has 18 heavy (non-hydrogen) atoms. The Balaban J connectivity index is 2.04. The summed E-state index contributed by atoms with van der Waals surface area (Å²) in [5, 5.41) is 12.4. The molecule has 0 saturated carbocycles. The lowest BCUT2D eigenvalue weighted by molar-refractivity contribution is -0.137. The molecule has 94 valence electrons. The Labute approximate surface area is 104 Å². The molecular weight excluding hydrogens is 234 g/mol. The standard InChI is InChI=1S/C12H13N3O3/c1-8-4-2-5-9(13-8)12-14-10(18-15-12)6-3-7-11(16)17/h2,4-5H,3,6-7H2,1H3,(H,16,17). The van der Waals surface area contributed by atoms with Crippen LogP contribution in [0.1, 0.15) is 24.4 Å². The minimum Gasteiger partial charge on any atom is -0.481 e. The van der Waals surface area contributed by atoms with Crippen molar-refractivity contribution >= 4 is 5.97 Å². The van der Waals surface area contributed by atoms with Crippen molar-refractivity contribution in [2.24, 2.45) is 0 Å². The molecule has 2 heterocycles. The predicted molar refractivity (Wildman–Crippen MR) is 62.8 cm³/mol. The van der Waals surface area contributed by atoms with Crippen molar-refractivity contribution < 1.29 is 14.4 Å². The smallest absolute Gasteiger partial charge is 0.303 e. The molecule has 0 aliphatic heterocycles. The van der Waals surface area contributed by atoms with Gasteiger partial charge < -0.3 is 9.63 Å². The summed E-state index contributed by atoms with van der Waals surface area (Å²) in [7, 11) is 0. The fourth-order valence-corrected chi connectivity index (χ4v) is 1.52. The van der Waals surface area contributed by atoms with Crippen molar-refractivity contribution in [2.75, 3.05) is 0 Å². The van der Waals surface area contributed by atoms with Gasteiger partial charge in [0.2, 0.25) is 11.7 Å². The zero-order chi connectivity index (χ0) is 13.0. The maximum Gasteiger partial charge on any atom is 0.303 e. The molecule has 0 atom stereocenters. The first kappa shape index (κ1) is 12.2. The normalized spacial score (nSPS) is 10.5. The number of hydrogen-bond acceptors (Lipinski definition) is 5. The topological polar surface area (TPSA) is 89.1 Å². The van der Waals surface area contributed by atoms with Gasteiger partial charge in [-0.3, -0.25) is 4.79 Å². The van der Waals surface area contributed by atoms with Crippen LogP contribution in [0.5, 0.6) is 0 Å². The molecule has 1 N–H and O–H groups in total. The highest BCUT2D eigenvalue weighted by Crippen LogP contribution is 2.14. The SMILES string of the molecule is Cc1cccc(-c2noc(CCCC(=O)O)n2)n1. The number of aliphatic carboxylic acids is 1. The summed E-state index contributed by atoms with van der Waals surface area (Å²) in [5.74, 6) is 0.0497. The van der Waals surface area contributed by atoms with Crippen molar-refractivity contribution in [3.8, 4) is 11.5 Å². The quantitative estimate of drug-likeness (QED) is 0.867. The van der Waals surface area contributed by atoms with Crippen molar-refractivity contribution in [3.05, 3.63) is 29.8 Å². The zero-order valence-corrected chi connectivity index (χ0v) is 9.96. The van der Waals surface area contributed by atoms with Gasteiger partial charge in [0.1, 0.15) is 5.69 Å². The Morgan fingerprint density at radius 1 is 1.39 bits per heavy atom. The van der Waals surface area contributed by atoms with E-state index in [0.717, 1.165) is 5.69 Å². The second kappa shape index (κ2) is 5.39. The molecule has 0 aliphatic carbocycles. The largest absolute Gasteiger partial charge is 0.481 e. The lowest BCUT2D eigenvalue weighted by Crippen LogP contribution is -1.96. The third-order valence-electron chi connectivity index (χ3n) is 2.37. The van der Waals surface area contributed by atoms with Crippen LogP contribution in [-0.4, -0.2) is 26.2 Å². The maximum absolute atomic E-state index is 10.4. The number of hydrogen-bond donors (Lipinski definition) is 1. The van der Waals surface area contributed by atoms with Crippen LogP contribution in [0.3, 0.4) is 0 Å². The fraction of sp³-hybridized carbons (Fsp3) is 0.333. The Hall–Kier alpha value is -2.24. The van der Waals surface area contributed by atoms with Crippen molar-refractivity contribution in [1.29, 1.82) is 0 Å². The molecule has 2 aromatic heterocycles. The molecule has 0 aromatic carbocycles. The van der Waals surface area contributed by atoms with Gasteiger partial charge >= 0.3 is 5.97 Å². The number of aryl methyl sites for hydroxylation is 2. The van der Waals surface area contributed by atoms with E-state index in [1.165, 1.54) is 0 Å². The number of pyridine rings is 1. The number of carbonyl (C=O) groups is 1. The molecule has 6 heteroatoms. The van der Waals surface area contributed by atoms with Crippen LogP contribution in [0.15, 0.2) is 22.7 Å². The molecule has 0 fully saturated rings. The highest BCUT2D eigenvalue weighted by Gasteiger charge is 2.10. The van der Waals surface area contributed by atoms with E-state index in [4.69, 9.17) is 9.63 Å². The molecule has 0 aliphatic rings. The summed E-state index contributed by atoms with van der Waals surface area (Å²) in [5.41, 5.74) is 1.54. The van der Waals surface area contributed by atoms with Crippen LogP contribution in [0.25, 0.3) is 11.5 Å². The average molecular weight is 247 g/mol. The van der Waals surface area contributed by atoms with Gasteiger partial charge in [-0.15, -0.1) is 0 Å². The monoisotopic (exact) mass is 247 g/mol. The van der Waals surface area contributed by atoms with E-state index in [-0.39, 0.29) is 6.42 Å². The first-order valence-corrected chi connectivity index (χ1v) is 5.63. The van der Waals surface area contributed by atoms with Crippen molar-refractivity contribution in [2.45, 2.75) is 26.2 Å². The van der Waals surface area contributed by atoms with Gasteiger partial charge in [-0.2, -0.15) is 4.98 Å². The number of nitrogens with zero attached hydrogens (tertiary/aromatic N) is 3. The van der Waals surface area contributed by atoms with E-state index in [2.05, 4.69) is 15.1 Å². The summed E-state index contributed by atoms with van der Waals surface area (Å²) in [6.07, 6.45) is 1.05. The van der Waals surface area contributed by atoms with Gasteiger partial charge in [-0.25, -0.2) is 4.98 Å². The van der Waals surface area contributed by atoms with Crippen molar-refractivity contribution in [1.82, 2.24) is 15.1 Å². The van der Waals surface area contributed by atoms with E-state index in [9.17, 15) is 4.79 Å². The summed E-state index contributed by atoms with van der Waals surface area (Å²) < 4.78 is 5.05. The van der Waals surface area contributed by atoms with Gasteiger partial charge in [0, 0.05) is 18.5 Å². The Morgan fingerprint density at radius 3 is 2.94 bits per heavy atom. The van der Waals surface area contributed by atoms with Crippen molar-refractivity contribution in [3.63, 3.8) is 0 Å². The minimum atomic E-state index is -0.824. The second-order valence-electron chi connectivity index (χ2n) is 3.92. The molecule has 0 unspecified atom stereocenters. The second-order valence-corrected chi connectivity index (χ2v) is 3.92. The average Bonchev–Trinajstić information content (AvgIpc) is 2.77. The predicted octanol–water partition coefficient (Wildman–Crippen LogP) is 1.85. The lowest BCUT2D eigenvalue weighted by atomic mass is 10.2. The summed E-state index contributed by atoms with van der Waals surface area (Å²) in [6.45, 7) is 1.89. The molecule has 0 saturated heterocycles. The number of carboxylic acid groups (broad SMARTS) is 1. The van der Waals surface area contributed by atoms with E-state index in [0.29, 0.717) is 30.3 Å². The van der Waals surface area contributed by atoms with E-state index in [1.54, 1.807) is 6.07 Å². The summed E-state index contributed by atoms with van der Waals surface area (Å²) in [6, 6.07) is 5.56. The Morgan fingerprint density at radius 2 is 2.22 bits per heavy atom. The molecule has 0 bridgehead atoms. The third kappa shape index (κ3) is 3.13. The van der Waals surface area contributed by atoms with Gasteiger partial charge in [-0.05, 0) is 25.5 Å². The lowest BCUT2D eigenvalue weighted by Gasteiger charge is -1.94. The molecule has 2 rings (SSSR count). The molecule has 0 spiro atoms. The Kier molecular flexibility index (Phi) is 3.66. The number of carboxylic acids is 1. The Bertz CT molecular complexity index is 551. The molecule has 0 radical (unpaired) electrons. The van der Waals surface area contributed by atoms with Gasteiger partial charge in [0.25, 0.3) is 0 Å². The van der Waals surface area contributed by atoms with Gasteiger partial charge in [-0.1, -0.05) is 11.2 Å². The number of rotatable bonds is 5.